The first-order valence-corrected chi connectivity index (χ1v) is 30.3. The average molecular weight is 1090 g/mol. The van der Waals surface area contributed by atoms with Gasteiger partial charge in [-0.25, -0.2) is 4.79 Å². The van der Waals surface area contributed by atoms with Crippen LogP contribution in [0.15, 0.2) is 170 Å². The molecule has 0 amide bonds. The van der Waals surface area contributed by atoms with E-state index in [9.17, 15) is 19.5 Å². The zero-order valence-electron chi connectivity index (χ0n) is 50.2. The first kappa shape index (κ1) is 73.7. The molecule has 0 rings (SSSR count). The molecular weight excluding hydrogens is 983 g/mol. The number of unbranched alkanes of at least 4 members (excludes halogenated alkanes) is 10. The Morgan fingerprint density at radius 1 is 0.380 bits per heavy atom. The summed E-state index contributed by atoms with van der Waals surface area (Å²) in [4.78, 5) is 37.5. The van der Waals surface area contributed by atoms with Crippen LogP contribution in [-0.4, -0.2) is 87.4 Å². The van der Waals surface area contributed by atoms with Crippen LogP contribution in [0.5, 0.6) is 0 Å². The molecule has 0 aromatic carbocycles. The van der Waals surface area contributed by atoms with Gasteiger partial charge in [0, 0.05) is 12.8 Å². The minimum Gasteiger partial charge on any atom is -0.477 e. The second kappa shape index (κ2) is 58.8. The van der Waals surface area contributed by atoms with E-state index in [0.717, 1.165) is 154 Å². The number of hydrogen-bond acceptors (Lipinski definition) is 7. The standard InChI is InChI=1S/C70H109NO8/c1-6-8-10-12-14-16-18-20-22-24-26-28-30-31-32-33-34-35-36-37-39-41-43-45-47-49-51-53-55-57-59-61-68(73)79-66(65-78-70(69(74)75)76-63-62-71(3,4)5)64-77-67(72)60-58-56-54-52-50-48-46-44-42-40-38-29-27-25-23-21-19-17-15-13-11-9-7-2/h8-11,14-17,20-23,26-29,31-32,34-35,37,39-40,42-43,45-46,48,66,70H,6-7,12-13,18-19,24-25,30,33,36,38,41,44,47,49-65H2,1-5H3/p+1/b10-8-,11-9-,16-14-,17-15-,22-20-,23-21-,28-26-,29-27-,32-31-,35-34-,39-37-,42-40-,45-43-,48-46-. The molecule has 0 aliphatic carbocycles. The van der Waals surface area contributed by atoms with Crippen LogP contribution in [0.1, 0.15) is 194 Å². The molecule has 0 aromatic rings. The fraction of sp³-hybridized carbons (Fsp3) is 0.557. The molecule has 0 radical (unpaired) electrons. The number of allylic oxidation sites excluding steroid dienone is 28. The quantitative estimate of drug-likeness (QED) is 0.0211. The summed E-state index contributed by atoms with van der Waals surface area (Å²) in [6.45, 7) is 4.57. The summed E-state index contributed by atoms with van der Waals surface area (Å²) in [5.41, 5.74) is 0. The SMILES string of the molecule is CC/C=C\C/C=C\C/C=C\C/C=C\C/C=C\C/C=C\C/C=C\C/C=C\CCCCCCCCC(=O)OC(COC(=O)CCCCCC/C=C\C/C=C\C/C=C\C/C=C\C/C=C\C/C=C\CC)COC(OCC[N+](C)(C)C)C(=O)O. The smallest absolute Gasteiger partial charge is 0.361 e. The number of hydrogen-bond donors (Lipinski definition) is 1. The van der Waals surface area contributed by atoms with Crippen molar-refractivity contribution in [3.63, 3.8) is 0 Å². The van der Waals surface area contributed by atoms with Crippen LogP contribution in [0.4, 0.5) is 0 Å². The zero-order valence-corrected chi connectivity index (χ0v) is 50.2. The summed E-state index contributed by atoms with van der Waals surface area (Å²) in [7, 11) is 5.94. The monoisotopic (exact) mass is 1090 g/mol. The Balaban J connectivity index is 4.37. The van der Waals surface area contributed by atoms with E-state index in [4.69, 9.17) is 18.9 Å². The Hall–Kier alpha value is -5.35. The molecular formula is C70H110NO8+. The van der Waals surface area contributed by atoms with Crippen molar-refractivity contribution in [3.05, 3.63) is 170 Å². The van der Waals surface area contributed by atoms with Gasteiger partial charge in [-0.3, -0.25) is 9.59 Å². The molecule has 0 aliphatic heterocycles. The topological polar surface area (TPSA) is 108 Å². The van der Waals surface area contributed by atoms with Gasteiger partial charge >= 0.3 is 17.9 Å². The fourth-order valence-electron chi connectivity index (χ4n) is 7.38. The van der Waals surface area contributed by atoms with E-state index in [1.165, 1.54) is 0 Å². The molecule has 0 aliphatic rings. The number of carboxylic acids is 1. The maximum atomic E-state index is 12.9. The normalized spacial score (nSPS) is 14.0. The van der Waals surface area contributed by atoms with Crippen LogP contribution in [0.2, 0.25) is 0 Å². The Morgan fingerprint density at radius 3 is 1.01 bits per heavy atom. The van der Waals surface area contributed by atoms with Crippen molar-refractivity contribution < 1.29 is 42.9 Å². The Bertz CT molecular complexity index is 1900. The molecule has 0 heterocycles. The number of likely N-dealkylation sites (N-methyl/N-ethyl adjacent to an activating group) is 1. The van der Waals surface area contributed by atoms with Gasteiger partial charge in [0.25, 0.3) is 6.29 Å². The van der Waals surface area contributed by atoms with E-state index < -0.39 is 24.3 Å². The predicted octanol–water partition coefficient (Wildman–Crippen LogP) is 18.3. The second-order valence-electron chi connectivity index (χ2n) is 20.5. The van der Waals surface area contributed by atoms with Gasteiger partial charge in [0.05, 0.1) is 34.4 Å². The molecule has 79 heavy (non-hydrogen) atoms. The molecule has 0 saturated carbocycles. The van der Waals surface area contributed by atoms with Crippen molar-refractivity contribution in [2.45, 2.75) is 206 Å². The summed E-state index contributed by atoms with van der Waals surface area (Å²) in [6, 6.07) is 0. The van der Waals surface area contributed by atoms with E-state index in [-0.39, 0.29) is 38.6 Å². The Kier molecular flexibility index (Phi) is 54.8. The van der Waals surface area contributed by atoms with Gasteiger partial charge in [-0.15, -0.1) is 0 Å². The minimum absolute atomic E-state index is 0.169. The highest BCUT2D eigenvalue weighted by Crippen LogP contribution is 2.13. The molecule has 0 spiro atoms. The first-order valence-electron chi connectivity index (χ1n) is 30.3. The molecule has 0 aromatic heterocycles. The van der Waals surface area contributed by atoms with Crippen LogP contribution in [0.25, 0.3) is 0 Å². The molecule has 0 bridgehead atoms. The van der Waals surface area contributed by atoms with Crippen LogP contribution < -0.4 is 0 Å². The van der Waals surface area contributed by atoms with Gasteiger partial charge < -0.3 is 28.5 Å². The number of quaternary nitrogens is 1. The summed E-state index contributed by atoms with van der Waals surface area (Å²) < 4.78 is 22.8. The van der Waals surface area contributed by atoms with E-state index >= 15 is 0 Å². The molecule has 9 heteroatoms. The highest BCUT2D eigenvalue weighted by atomic mass is 16.7. The van der Waals surface area contributed by atoms with Gasteiger partial charge in [0.15, 0.2) is 6.10 Å². The lowest BCUT2D eigenvalue weighted by molar-refractivity contribution is -0.870. The van der Waals surface area contributed by atoms with Gasteiger partial charge in [-0.2, -0.15) is 0 Å². The maximum Gasteiger partial charge on any atom is 0.361 e. The third-order valence-corrected chi connectivity index (χ3v) is 12.0. The minimum atomic E-state index is -1.53. The fourth-order valence-corrected chi connectivity index (χ4v) is 7.38. The highest BCUT2D eigenvalue weighted by molar-refractivity contribution is 5.71. The first-order chi connectivity index (χ1) is 38.6. The third kappa shape index (κ3) is 60.1. The lowest BCUT2D eigenvalue weighted by Crippen LogP contribution is -2.40. The van der Waals surface area contributed by atoms with Gasteiger partial charge in [-0.1, -0.05) is 223 Å². The average Bonchev–Trinajstić information content (AvgIpc) is 3.42. The summed E-state index contributed by atoms with van der Waals surface area (Å²) in [5, 5.41) is 9.72. The van der Waals surface area contributed by atoms with Crippen molar-refractivity contribution >= 4 is 17.9 Å². The lowest BCUT2D eigenvalue weighted by atomic mass is 10.1. The zero-order chi connectivity index (χ0) is 57.6. The van der Waals surface area contributed by atoms with E-state index in [1.54, 1.807) is 0 Å². The van der Waals surface area contributed by atoms with Crippen molar-refractivity contribution in [2.75, 3.05) is 47.5 Å². The van der Waals surface area contributed by atoms with Crippen LogP contribution in [0.3, 0.4) is 0 Å². The van der Waals surface area contributed by atoms with Crippen LogP contribution >= 0.6 is 0 Å². The molecule has 2 unspecified atom stereocenters. The van der Waals surface area contributed by atoms with Crippen LogP contribution in [-0.2, 0) is 33.3 Å². The maximum absolute atomic E-state index is 12.9. The van der Waals surface area contributed by atoms with Crippen molar-refractivity contribution in [1.82, 2.24) is 0 Å². The highest BCUT2D eigenvalue weighted by Gasteiger charge is 2.25. The van der Waals surface area contributed by atoms with E-state index in [2.05, 4.69) is 184 Å². The number of rotatable bonds is 53. The molecule has 0 saturated heterocycles. The number of carboxylic acid groups (broad SMARTS) is 1. The summed E-state index contributed by atoms with van der Waals surface area (Å²) >= 11 is 0. The van der Waals surface area contributed by atoms with Gasteiger partial charge in [0.2, 0.25) is 0 Å². The Labute approximate surface area is 482 Å². The van der Waals surface area contributed by atoms with Gasteiger partial charge in [0.1, 0.15) is 13.2 Å². The van der Waals surface area contributed by atoms with E-state index in [0.29, 0.717) is 23.9 Å². The van der Waals surface area contributed by atoms with Gasteiger partial charge in [-0.05, 0) is 128 Å². The molecule has 0 fully saturated rings. The third-order valence-electron chi connectivity index (χ3n) is 12.0. The Morgan fingerprint density at radius 2 is 0.684 bits per heavy atom. The summed E-state index contributed by atoms with van der Waals surface area (Å²) in [6.07, 6.45) is 85.7. The molecule has 442 valence electrons. The second-order valence-corrected chi connectivity index (χ2v) is 20.5. The number of ether oxygens (including phenoxy) is 4. The number of carbonyl (C=O) groups excluding carboxylic acids is 2. The van der Waals surface area contributed by atoms with Crippen molar-refractivity contribution in [1.29, 1.82) is 0 Å². The molecule has 1 N–H and O–H groups in total. The number of esters is 2. The van der Waals surface area contributed by atoms with Crippen molar-refractivity contribution in [3.8, 4) is 0 Å². The van der Waals surface area contributed by atoms with Crippen LogP contribution in [0, 0.1) is 0 Å². The van der Waals surface area contributed by atoms with Crippen molar-refractivity contribution in [2.24, 2.45) is 0 Å². The lowest BCUT2D eigenvalue weighted by Gasteiger charge is -2.25. The number of nitrogens with zero attached hydrogens (tertiary/aromatic N) is 1. The molecule has 2 atom stereocenters. The molecule has 9 nitrogen and oxygen atoms in total. The number of aliphatic carboxylic acids is 1. The predicted molar refractivity (Wildman–Crippen MR) is 336 cm³/mol. The number of carbonyl (C=O) groups is 3. The summed E-state index contributed by atoms with van der Waals surface area (Å²) in [5.74, 6) is -2.08. The largest absolute Gasteiger partial charge is 0.477 e. The van der Waals surface area contributed by atoms with E-state index in [1.807, 2.05) is 21.1 Å².